The van der Waals surface area contributed by atoms with E-state index in [-0.39, 0.29) is 19.0 Å². The third-order valence-corrected chi connectivity index (χ3v) is 10.8. The molecule has 5 rings (SSSR count). The van der Waals surface area contributed by atoms with Crippen LogP contribution in [0.3, 0.4) is 0 Å². The Morgan fingerprint density at radius 2 is 0.947 bits per heavy atom. The average Bonchev–Trinajstić information content (AvgIpc) is 3.37. The first-order chi connectivity index (χ1) is 36.2. The standard InChI is InChI=1S/C47H55Cl2N21O6/c48-28-17-13-25(14-18-28)30-22-31(26-15-19-29(49)20-16-26)61-47(60-30)70(21-7-10-24-8-3-1-4-9-24)32(71)23-59-33(27-11-5-2-6-12-27)39(73)63-36(67-44(53)54)41(75)65-38(69-46(57)58)42(76)64-37(68-45(55)56)40(74)62-35(34(50)72)66-43(51)52/h1-20,22,32-33,35-38,59,71H,21,23H2,(H2,50,72)(H,62,74)(H,63,73)(H,64,76)(H,65,75)(H4,51,52,66)(H4,53,54,67)(H4,55,56,68)(H4,57,58,69)/b10-7-. The van der Waals surface area contributed by atoms with Crippen LogP contribution in [-0.2, 0) is 24.0 Å². The summed E-state index contributed by atoms with van der Waals surface area (Å²) in [5, 5.41) is 64.4. The molecular formula is C47H55Cl2N21O6. The lowest BCUT2D eigenvalue weighted by atomic mass is 10.1. The van der Waals surface area contributed by atoms with Crippen molar-refractivity contribution in [2.75, 3.05) is 18.0 Å². The summed E-state index contributed by atoms with van der Waals surface area (Å²) in [6, 6.07) is 32.0. The van der Waals surface area contributed by atoms with Gasteiger partial charge in [0.1, 0.15) is 12.3 Å². The number of hydrogen-bond acceptors (Lipinski definition) is 14. The van der Waals surface area contributed by atoms with E-state index >= 15 is 0 Å². The van der Waals surface area contributed by atoms with Crippen molar-refractivity contribution in [1.29, 1.82) is 21.6 Å². The highest BCUT2D eigenvalue weighted by atomic mass is 35.5. The number of nitrogens with two attached hydrogens (primary N) is 5. The highest BCUT2D eigenvalue weighted by Gasteiger charge is 2.34. The molecule has 4 aromatic carbocycles. The number of anilines is 1. The molecule has 0 radical (unpaired) electrons. The number of primary amides is 1. The molecule has 76 heavy (non-hydrogen) atoms. The molecule has 398 valence electrons. The maximum Gasteiger partial charge on any atom is 0.265 e. The van der Waals surface area contributed by atoms with Crippen LogP contribution in [0, 0.1) is 21.6 Å². The lowest BCUT2D eigenvalue weighted by Crippen LogP contribution is -2.68. The normalized spacial score (nSPS) is 13.2. The minimum atomic E-state index is -2.05. The van der Waals surface area contributed by atoms with Crippen molar-refractivity contribution in [2.45, 2.75) is 36.9 Å². The minimum Gasteiger partial charge on any atom is -0.372 e. The van der Waals surface area contributed by atoms with E-state index < -0.39 is 90.3 Å². The number of benzene rings is 4. The quantitative estimate of drug-likeness (QED) is 0.0189. The van der Waals surface area contributed by atoms with Gasteiger partial charge in [0.15, 0.2) is 48.5 Å². The maximum absolute atomic E-state index is 14.4. The van der Waals surface area contributed by atoms with E-state index in [2.05, 4.69) is 42.5 Å². The van der Waals surface area contributed by atoms with Gasteiger partial charge in [-0.2, -0.15) is 0 Å². The monoisotopic (exact) mass is 1080 g/mol. The summed E-state index contributed by atoms with van der Waals surface area (Å²) in [6.45, 7) is -0.314. The first kappa shape index (κ1) is 57.3. The van der Waals surface area contributed by atoms with Crippen molar-refractivity contribution in [3.63, 3.8) is 0 Å². The number of nitrogens with zero attached hydrogens (tertiary/aromatic N) is 3. The van der Waals surface area contributed by atoms with E-state index in [0.717, 1.165) is 5.56 Å². The van der Waals surface area contributed by atoms with Crippen LogP contribution in [0.1, 0.15) is 17.2 Å². The first-order valence-electron chi connectivity index (χ1n) is 22.5. The molecule has 5 aromatic rings. The maximum atomic E-state index is 14.4. The van der Waals surface area contributed by atoms with Gasteiger partial charge in [0, 0.05) is 34.3 Å². The summed E-state index contributed by atoms with van der Waals surface area (Å²) in [7, 11) is 0. The highest BCUT2D eigenvalue weighted by Crippen LogP contribution is 2.29. The fourth-order valence-electron chi connectivity index (χ4n) is 6.85. The predicted octanol–water partition coefficient (Wildman–Crippen LogP) is -1.53. The van der Waals surface area contributed by atoms with Crippen LogP contribution in [0.5, 0.6) is 0 Å². The molecule has 0 fully saturated rings. The van der Waals surface area contributed by atoms with Crippen LogP contribution in [-0.4, -0.2) is 112 Å². The average molecular weight is 1080 g/mol. The fourth-order valence-corrected chi connectivity index (χ4v) is 7.10. The Hall–Kier alpha value is -9.57. The lowest BCUT2D eigenvalue weighted by molar-refractivity contribution is -0.135. The molecule has 29 heteroatoms. The van der Waals surface area contributed by atoms with Crippen LogP contribution in [0.25, 0.3) is 28.6 Å². The Morgan fingerprint density at radius 1 is 0.553 bits per heavy atom. The number of aliphatic hydroxyl groups is 1. The minimum absolute atomic E-state index is 0.0408. The zero-order valence-electron chi connectivity index (χ0n) is 40.0. The molecule has 6 unspecified atom stereocenters. The van der Waals surface area contributed by atoms with Crippen molar-refractivity contribution in [1.82, 2.24) is 57.8 Å². The van der Waals surface area contributed by atoms with Gasteiger partial charge in [0.2, 0.25) is 11.9 Å². The van der Waals surface area contributed by atoms with Gasteiger partial charge in [-0.3, -0.25) is 50.9 Å². The number of nitrogens with one attached hydrogen (secondary N) is 13. The number of amides is 5. The molecule has 27 nitrogen and oxygen atoms in total. The lowest BCUT2D eigenvalue weighted by Gasteiger charge is -2.30. The van der Waals surface area contributed by atoms with Gasteiger partial charge in [-0.05, 0) is 41.5 Å². The molecule has 1 aromatic heterocycles. The summed E-state index contributed by atoms with van der Waals surface area (Å²) < 4.78 is 0. The van der Waals surface area contributed by atoms with Gasteiger partial charge in [-0.1, -0.05) is 120 Å². The Kier molecular flexibility index (Phi) is 20.7. The number of guanidine groups is 4. The SMILES string of the molecule is N=C(N)NC(NC(=O)C(NC(=N)N)NC(=O)C(NC(=N)N)NC(=O)C(NC(=N)N)NC(=O)C(NCC(O)N(C/C=C\c1ccccc1)c1nc(-c2ccc(Cl)cc2)cc(-c2ccc(Cl)cc2)n1)c1ccccc1)C(N)=O. The number of halogens is 2. The van der Waals surface area contributed by atoms with Gasteiger partial charge < -0.3 is 81.2 Å². The molecule has 0 saturated heterocycles. The zero-order valence-corrected chi connectivity index (χ0v) is 41.5. The summed E-state index contributed by atoms with van der Waals surface area (Å²) in [6.07, 6.45) is -5.61. The third kappa shape index (κ3) is 17.6. The number of hydrogen-bond donors (Lipinski definition) is 19. The second-order valence-corrected chi connectivity index (χ2v) is 16.9. The van der Waals surface area contributed by atoms with E-state index in [1.54, 1.807) is 91.0 Å². The van der Waals surface area contributed by atoms with Gasteiger partial charge in [-0.25, -0.2) is 9.97 Å². The summed E-state index contributed by atoms with van der Waals surface area (Å²) in [5.41, 5.74) is 30.7. The van der Waals surface area contributed by atoms with Crippen LogP contribution < -0.4 is 81.4 Å². The Bertz CT molecular complexity index is 2860. The topological polar surface area (TPSA) is 468 Å². The summed E-state index contributed by atoms with van der Waals surface area (Å²) >= 11 is 12.5. The fraction of sp³-hybridized carbons (Fsp3) is 0.170. The van der Waals surface area contributed by atoms with E-state index in [1.165, 1.54) is 4.90 Å². The van der Waals surface area contributed by atoms with Gasteiger partial charge in [-0.15, -0.1) is 0 Å². The van der Waals surface area contributed by atoms with E-state index in [1.807, 2.05) is 41.7 Å². The van der Waals surface area contributed by atoms with Crippen molar-refractivity contribution >= 4 is 88.6 Å². The largest absolute Gasteiger partial charge is 0.372 e. The van der Waals surface area contributed by atoms with E-state index in [0.29, 0.717) is 38.1 Å². The molecule has 0 bridgehead atoms. The number of aliphatic hydroxyl groups excluding tert-OH is 1. The highest BCUT2D eigenvalue weighted by molar-refractivity contribution is 6.31. The van der Waals surface area contributed by atoms with Crippen molar-refractivity contribution in [3.8, 4) is 22.5 Å². The van der Waals surface area contributed by atoms with Crippen LogP contribution in [0.15, 0.2) is 121 Å². The number of carbonyl (C=O) groups is 5. The molecular weight excluding hydrogens is 1030 g/mol. The second-order valence-electron chi connectivity index (χ2n) is 16.1. The third-order valence-electron chi connectivity index (χ3n) is 10.3. The zero-order chi connectivity index (χ0) is 55.5. The van der Waals surface area contributed by atoms with Crippen LogP contribution in [0.4, 0.5) is 5.95 Å². The van der Waals surface area contributed by atoms with Crippen molar-refractivity contribution in [2.24, 2.45) is 28.7 Å². The van der Waals surface area contributed by atoms with Crippen LogP contribution >= 0.6 is 23.2 Å². The van der Waals surface area contributed by atoms with E-state index in [9.17, 15) is 29.1 Å². The summed E-state index contributed by atoms with van der Waals surface area (Å²) in [4.78, 5) is 78.4. The number of carbonyl (C=O) groups excluding carboxylic acids is 5. The molecule has 0 aliphatic rings. The van der Waals surface area contributed by atoms with Crippen molar-refractivity contribution in [3.05, 3.63) is 143 Å². The van der Waals surface area contributed by atoms with Crippen LogP contribution in [0.2, 0.25) is 10.0 Å². The molecule has 0 spiro atoms. The second kappa shape index (κ2) is 27.5. The molecule has 24 N–H and O–H groups in total. The molecule has 0 saturated carbocycles. The molecule has 6 atom stereocenters. The number of rotatable bonds is 24. The number of aromatic nitrogens is 2. The summed E-state index contributed by atoms with van der Waals surface area (Å²) in [5.74, 6) is -9.28. The molecule has 0 aliphatic carbocycles. The van der Waals surface area contributed by atoms with Gasteiger partial charge in [0.05, 0.1) is 11.4 Å². The molecule has 1 heterocycles. The Labute approximate surface area is 444 Å². The first-order valence-corrected chi connectivity index (χ1v) is 23.2. The smallest absolute Gasteiger partial charge is 0.265 e. The van der Waals surface area contributed by atoms with Gasteiger partial charge >= 0.3 is 0 Å². The van der Waals surface area contributed by atoms with Crippen molar-refractivity contribution < 1.29 is 29.1 Å². The Balaban J connectivity index is 1.44. The molecule has 0 aliphatic heterocycles. The predicted molar refractivity (Wildman–Crippen MR) is 286 cm³/mol. The Morgan fingerprint density at radius 3 is 1.37 bits per heavy atom. The molecule has 5 amide bonds. The van der Waals surface area contributed by atoms with Gasteiger partial charge in [0.25, 0.3) is 23.6 Å². The van der Waals surface area contributed by atoms with E-state index in [4.69, 9.17) is 83.5 Å².